The van der Waals surface area contributed by atoms with Gasteiger partial charge in [0, 0.05) is 4.91 Å². The Hall–Kier alpha value is -2.07. The average molecular weight is 290 g/mol. The summed E-state index contributed by atoms with van der Waals surface area (Å²) in [6, 6.07) is 13.4. The molecule has 0 fully saturated rings. The molecule has 0 aromatic heterocycles. The number of hydrogen-bond acceptors (Lipinski definition) is 2. The van der Waals surface area contributed by atoms with E-state index in [9.17, 15) is 9.30 Å². The fourth-order valence-electron chi connectivity index (χ4n) is 2.28. The minimum Gasteiger partial charge on any atom is -0.212 e. The molecule has 1 unspecified atom stereocenters. The van der Waals surface area contributed by atoms with Crippen LogP contribution in [-0.2, 0) is 0 Å². The molecule has 0 N–H and O–H groups in total. The number of alkyl halides is 1. The molecule has 3 nitrogen and oxygen atoms in total. The maximum Gasteiger partial charge on any atom is 0.313 e. The number of nitrogens with zero attached hydrogens (tertiary/aromatic N) is 2. The van der Waals surface area contributed by atoms with E-state index in [0.717, 1.165) is 0 Å². The maximum absolute atomic E-state index is 14.0. The number of rotatable bonds is 2. The fourth-order valence-corrected chi connectivity index (χ4v) is 2.48. The summed E-state index contributed by atoms with van der Waals surface area (Å²) in [5, 5.41) is 1.28. The maximum atomic E-state index is 14.0. The summed E-state index contributed by atoms with van der Waals surface area (Å²) in [5.74, 6) is -0.385. The molecule has 0 spiro atoms. The highest BCUT2D eigenvalue weighted by Gasteiger charge is 2.35. The van der Waals surface area contributed by atoms with Crippen molar-refractivity contribution >= 4 is 17.3 Å². The first-order chi connectivity index (χ1) is 9.72. The Labute approximate surface area is 119 Å². The van der Waals surface area contributed by atoms with Gasteiger partial charge < -0.3 is 0 Å². The third-order valence-corrected chi connectivity index (χ3v) is 3.48. The van der Waals surface area contributed by atoms with Crippen LogP contribution in [0.1, 0.15) is 5.56 Å². The van der Waals surface area contributed by atoms with Crippen LogP contribution in [0.5, 0.6) is 0 Å². The van der Waals surface area contributed by atoms with Crippen LogP contribution in [0.3, 0.4) is 0 Å². The first-order valence-electron chi connectivity index (χ1n) is 6.17. The Morgan fingerprint density at radius 1 is 1.15 bits per heavy atom. The summed E-state index contributed by atoms with van der Waals surface area (Å²) in [5.41, 5.74) is 0.541. The molecule has 1 heterocycles. The molecule has 1 aliphatic heterocycles. The molecule has 2 aromatic rings. The van der Waals surface area contributed by atoms with E-state index in [1.54, 1.807) is 36.4 Å². The van der Waals surface area contributed by atoms with E-state index in [1.807, 2.05) is 6.07 Å². The number of halogens is 2. The largest absolute Gasteiger partial charge is 0.313 e. The number of nitroso groups, excluding NO2 is 1. The van der Waals surface area contributed by atoms with Crippen molar-refractivity contribution in [1.82, 2.24) is 0 Å². The molecule has 0 aliphatic carbocycles. The minimum absolute atomic E-state index is 0.0514. The van der Waals surface area contributed by atoms with E-state index in [1.165, 1.54) is 6.07 Å². The van der Waals surface area contributed by atoms with Crippen LogP contribution < -0.4 is 10.6 Å². The molecule has 0 saturated heterocycles. The molecule has 100 valence electrons. The standard InChI is InChI=1S/C15H11ClFN2O/c16-9-14-18-13-8-4-2-6-11(13)15(19(14)20)10-5-1-3-7-12(10)17/h1-8,14H,9H2/q+1. The molecular weight excluding hydrogens is 279 g/mol. The van der Waals surface area contributed by atoms with Gasteiger partial charge in [-0.05, 0) is 24.3 Å². The Balaban J connectivity index is 2.40. The Bertz CT molecular complexity index is 804. The van der Waals surface area contributed by atoms with Gasteiger partial charge in [-0.15, -0.1) is 11.6 Å². The van der Waals surface area contributed by atoms with E-state index < -0.39 is 12.0 Å². The van der Waals surface area contributed by atoms with Crippen molar-refractivity contribution in [3.8, 4) is 0 Å². The summed E-state index contributed by atoms with van der Waals surface area (Å²) < 4.78 is 14.7. The van der Waals surface area contributed by atoms with Crippen molar-refractivity contribution in [3.63, 3.8) is 0 Å². The average Bonchev–Trinajstić information content (AvgIpc) is 2.48. The third-order valence-electron chi connectivity index (χ3n) is 3.21. The normalized spacial score (nSPS) is 17.6. The lowest BCUT2D eigenvalue weighted by atomic mass is 10.1. The molecule has 0 bridgehead atoms. The van der Waals surface area contributed by atoms with Crippen molar-refractivity contribution in [1.29, 1.82) is 0 Å². The number of fused-ring (bicyclic) bond motifs is 1. The zero-order valence-electron chi connectivity index (χ0n) is 10.5. The van der Waals surface area contributed by atoms with Crippen molar-refractivity contribution < 1.29 is 9.15 Å². The summed E-state index contributed by atoms with van der Waals surface area (Å²) in [4.78, 5) is 16.7. The lowest BCUT2D eigenvalue weighted by Gasteiger charge is -2.09. The second-order valence-electron chi connectivity index (χ2n) is 4.44. The monoisotopic (exact) mass is 289 g/mol. The molecule has 1 atom stereocenters. The summed E-state index contributed by atoms with van der Waals surface area (Å²) in [6.45, 7) is 0. The minimum atomic E-state index is -0.735. The SMILES string of the molecule is O=[N+]1C(c2ccccc2F)=c2ccccc2=NC1CCl. The Morgan fingerprint density at radius 3 is 2.60 bits per heavy atom. The van der Waals surface area contributed by atoms with Crippen LogP contribution in [0.4, 0.5) is 4.39 Å². The number of hydrogen-bond donors (Lipinski definition) is 0. The van der Waals surface area contributed by atoms with Crippen LogP contribution >= 0.6 is 11.6 Å². The van der Waals surface area contributed by atoms with Gasteiger partial charge in [0.2, 0.25) is 0 Å². The van der Waals surface area contributed by atoms with E-state index in [4.69, 9.17) is 11.6 Å². The highest BCUT2D eigenvalue weighted by atomic mass is 35.5. The van der Waals surface area contributed by atoms with Gasteiger partial charge in [0.05, 0.1) is 20.9 Å². The van der Waals surface area contributed by atoms with Gasteiger partial charge in [0.25, 0.3) is 5.70 Å². The van der Waals surface area contributed by atoms with Crippen LogP contribution in [0, 0.1) is 10.7 Å². The van der Waals surface area contributed by atoms with Gasteiger partial charge >= 0.3 is 6.17 Å². The molecule has 20 heavy (non-hydrogen) atoms. The highest BCUT2D eigenvalue weighted by Crippen LogP contribution is 2.19. The predicted molar refractivity (Wildman–Crippen MR) is 74.3 cm³/mol. The zero-order chi connectivity index (χ0) is 14.1. The summed E-state index contributed by atoms with van der Waals surface area (Å²) in [6.07, 6.45) is -0.735. The van der Waals surface area contributed by atoms with Crippen molar-refractivity contribution in [2.45, 2.75) is 6.17 Å². The lowest BCUT2D eigenvalue weighted by Crippen LogP contribution is -2.41. The van der Waals surface area contributed by atoms with Gasteiger partial charge in [-0.2, -0.15) is 0 Å². The van der Waals surface area contributed by atoms with Crippen LogP contribution in [0.25, 0.3) is 5.70 Å². The van der Waals surface area contributed by atoms with Crippen molar-refractivity contribution in [2.24, 2.45) is 4.99 Å². The quantitative estimate of drug-likeness (QED) is 0.614. The zero-order valence-corrected chi connectivity index (χ0v) is 11.2. The summed E-state index contributed by atoms with van der Waals surface area (Å²) in [7, 11) is 0. The molecule has 2 aromatic carbocycles. The molecule has 0 saturated carbocycles. The highest BCUT2D eigenvalue weighted by molar-refractivity contribution is 6.18. The topological polar surface area (TPSA) is 32.4 Å². The fraction of sp³-hybridized carbons (Fsp3) is 0.133. The first-order valence-corrected chi connectivity index (χ1v) is 6.70. The molecule has 1 aliphatic rings. The number of para-hydroxylation sites is 1. The molecule has 3 rings (SSSR count). The first kappa shape index (κ1) is 12.9. The van der Waals surface area contributed by atoms with E-state index in [2.05, 4.69) is 4.99 Å². The molecule has 0 amide bonds. The van der Waals surface area contributed by atoms with E-state index >= 15 is 0 Å². The second-order valence-corrected chi connectivity index (χ2v) is 4.74. The number of benzene rings is 2. The molecule has 0 radical (unpaired) electrons. The van der Waals surface area contributed by atoms with Gasteiger partial charge in [0.15, 0.2) is 0 Å². The molecular formula is C15H11ClFN2O+. The summed E-state index contributed by atoms with van der Waals surface area (Å²) >= 11 is 5.79. The van der Waals surface area contributed by atoms with Crippen LogP contribution in [-0.4, -0.2) is 16.8 Å². The van der Waals surface area contributed by atoms with E-state index in [-0.39, 0.29) is 17.1 Å². The second kappa shape index (κ2) is 5.13. The Morgan fingerprint density at radius 2 is 1.85 bits per heavy atom. The van der Waals surface area contributed by atoms with Gasteiger partial charge in [0.1, 0.15) is 11.7 Å². The van der Waals surface area contributed by atoms with Gasteiger partial charge in [-0.3, -0.25) is 0 Å². The van der Waals surface area contributed by atoms with Crippen molar-refractivity contribution in [3.05, 3.63) is 75.4 Å². The lowest BCUT2D eigenvalue weighted by molar-refractivity contribution is -0.493. The van der Waals surface area contributed by atoms with Crippen LogP contribution in [0.2, 0.25) is 0 Å². The van der Waals surface area contributed by atoms with Crippen LogP contribution in [0.15, 0.2) is 53.5 Å². The smallest absolute Gasteiger partial charge is 0.212 e. The van der Waals surface area contributed by atoms with Gasteiger partial charge in [-0.1, -0.05) is 24.3 Å². The molecule has 5 heteroatoms. The van der Waals surface area contributed by atoms with E-state index in [0.29, 0.717) is 15.3 Å². The Kier molecular flexibility index (Phi) is 3.32. The van der Waals surface area contributed by atoms with Gasteiger partial charge in [-0.25, -0.2) is 9.38 Å². The predicted octanol–water partition coefficient (Wildman–Crippen LogP) is 1.96. The third kappa shape index (κ3) is 2.02. The van der Waals surface area contributed by atoms with Crippen molar-refractivity contribution in [2.75, 3.05) is 5.88 Å².